The molecule has 3 N–H and O–H groups in total. The molecule has 0 radical (unpaired) electrons. The second-order valence-electron chi connectivity index (χ2n) is 8.64. The van der Waals surface area contributed by atoms with Gasteiger partial charge in [-0.15, -0.1) is 0 Å². The van der Waals surface area contributed by atoms with E-state index in [2.05, 4.69) is 22.0 Å². The van der Waals surface area contributed by atoms with Crippen LogP contribution in [0.2, 0.25) is 0 Å². The Labute approximate surface area is 185 Å². The van der Waals surface area contributed by atoms with Gasteiger partial charge >= 0.3 is 0 Å². The predicted octanol–water partition coefficient (Wildman–Crippen LogP) is 3.88. The van der Waals surface area contributed by atoms with Gasteiger partial charge in [0.25, 0.3) is 11.8 Å². The quantitative estimate of drug-likeness (QED) is 0.493. The fourth-order valence-electron chi connectivity index (χ4n) is 5.39. The number of rotatable bonds is 3. The number of hydrogen-bond acceptors (Lipinski definition) is 3. The first-order valence-corrected chi connectivity index (χ1v) is 11.1. The van der Waals surface area contributed by atoms with Crippen molar-refractivity contribution in [3.05, 3.63) is 83.6 Å². The van der Waals surface area contributed by atoms with Gasteiger partial charge in [-0.1, -0.05) is 60.7 Å². The zero-order valence-corrected chi connectivity index (χ0v) is 17.6. The Hall–Kier alpha value is -3.70. The maximum Gasteiger partial charge on any atom is 0.259 e. The Morgan fingerprint density at radius 2 is 1.59 bits per heavy atom. The van der Waals surface area contributed by atoms with Crippen LogP contribution in [0.4, 0.5) is 0 Å². The lowest BCUT2D eigenvalue weighted by atomic mass is 9.88. The van der Waals surface area contributed by atoms with E-state index in [1.807, 2.05) is 54.6 Å². The third kappa shape index (κ3) is 2.68. The number of benzene rings is 3. The van der Waals surface area contributed by atoms with Crippen molar-refractivity contribution in [1.82, 2.24) is 9.88 Å². The molecule has 1 aromatic heterocycles. The molecule has 1 unspecified atom stereocenters. The minimum Gasteiger partial charge on any atom is -0.344 e. The van der Waals surface area contributed by atoms with Gasteiger partial charge in [-0.25, -0.2) is 0 Å². The summed E-state index contributed by atoms with van der Waals surface area (Å²) in [7, 11) is 0. The monoisotopic (exact) mass is 421 g/mol. The van der Waals surface area contributed by atoms with Crippen LogP contribution in [0.15, 0.2) is 66.7 Å². The number of fused-ring (bicyclic) bond motifs is 4. The summed E-state index contributed by atoms with van der Waals surface area (Å²) in [4.78, 5) is 26.4. The molecule has 6 rings (SSSR count). The summed E-state index contributed by atoms with van der Waals surface area (Å²) in [6.45, 7) is 1.48. The summed E-state index contributed by atoms with van der Waals surface area (Å²) in [5.74, 6) is -0.295. The van der Waals surface area contributed by atoms with Crippen molar-refractivity contribution in [2.75, 3.05) is 6.54 Å². The second kappa shape index (κ2) is 7.18. The maximum absolute atomic E-state index is 13.3. The number of para-hydroxylation sites is 1. The summed E-state index contributed by atoms with van der Waals surface area (Å²) in [5.41, 5.74) is 10.8. The van der Waals surface area contributed by atoms with E-state index < -0.39 is 0 Å². The Bertz CT molecular complexity index is 1460. The Kier molecular flexibility index (Phi) is 4.26. The van der Waals surface area contributed by atoms with Gasteiger partial charge in [0.2, 0.25) is 0 Å². The molecule has 3 aromatic carbocycles. The molecule has 0 bridgehead atoms. The molecule has 3 heterocycles. The average Bonchev–Trinajstić information content (AvgIpc) is 3.30. The summed E-state index contributed by atoms with van der Waals surface area (Å²) in [6.07, 6.45) is 1.82. The van der Waals surface area contributed by atoms with Crippen LogP contribution in [0.25, 0.3) is 32.8 Å². The number of nitrogens with zero attached hydrogens (tertiary/aromatic N) is 1. The van der Waals surface area contributed by atoms with Crippen LogP contribution in [0.1, 0.15) is 23.2 Å². The number of hydrogen-bond donors (Lipinski definition) is 2. The minimum atomic E-state index is -0.337. The summed E-state index contributed by atoms with van der Waals surface area (Å²) in [5, 5.41) is 5.59. The van der Waals surface area contributed by atoms with E-state index >= 15 is 0 Å². The Balaban J connectivity index is 1.71. The molecule has 0 saturated heterocycles. The SMILES string of the molecule is NCC1CCn2c(c(C3=C(c4cccc5ccccc45)C(=O)NC3=O)c3ccccc32)C1. The molecule has 158 valence electrons. The molecule has 0 spiro atoms. The number of amides is 2. The fraction of sp³-hybridized carbons (Fsp3) is 0.185. The zero-order chi connectivity index (χ0) is 21.8. The molecular weight excluding hydrogens is 398 g/mol. The molecule has 5 nitrogen and oxygen atoms in total. The molecule has 32 heavy (non-hydrogen) atoms. The fourth-order valence-corrected chi connectivity index (χ4v) is 5.39. The second-order valence-corrected chi connectivity index (χ2v) is 8.64. The van der Waals surface area contributed by atoms with E-state index in [0.29, 0.717) is 23.6 Å². The summed E-state index contributed by atoms with van der Waals surface area (Å²) in [6, 6.07) is 22.0. The third-order valence-corrected chi connectivity index (χ3v) is 6.90. The van der Waals surface area contributed by atoms with Crippen LogP contribution in [-0.4, -0.2) is 22.9 Å². The van der Waals surface area contributed by atoms with Gasteiger partial charge in [0, 0.05) is 28.7 Å². The van der Waals surface area contributed by atoms with Gasteiger partial charge in [0.15, 0.2) is 0 Å². The van der Waals surface area contributed by atoms with Crippen molar-refractivity contribution >= 4 is 44.6 Å². The van der Waals surface area contributed by atoms with Crippen molar-refractivity contribution in [3.63, 3.8) is 0 Å². The van der Waals surface area contributed by atoms with E-state index in [0.717, 1.165) is 57.9 Å². The topological polar surface area (TPSA) is 77.1 Å². The van der Waals surface area contributed by atoms with Crippen LogP contribution >= 0.6 is 0 Å². The Morgan fingerprint density at radius 3 is 2.44 bits per heavy atom. The lowest BCUT2D eigenvalue weighted by Crippen LogP contribution is -2.26. The van der Waals surface area contributed by atoms with Crippen LogP contribution in [0.3, 0.4) is 0 Å². The van der Waals surface area contributed by atoms with E-state index in [1.165, 1.54) is 0 Å². The van der Waals surface area contributed by atoms with Crippen molar-refractivity contribution in [1.29, 1.82) is 0 Å². The average molecular weight is 422 g/mol. The molecular formula is C27H23N3O2. The smallest absolute Gasteiger partial charge is 0.259 e. The number of nitrogens with one attached hydrogen (secondary N) is 1. The minimum absolute atomic E-state index is 0.327. The van der Waals surface area contributed by atoms with Crippen molar-refractivity contribution < 1.29 is 9.59 Å². The highest BCUT2D eigenvalue weighted by atomic mass is 16.2. The van der Waals surface area contributed by atoms with Crippen LogP contribution in [0.5, 0.6) is 0 Å². The van der Waals surface area contributed by atoms with E-state index in [9.17, 15) is 9.59 Å². The van der Waals surface area contributed by atoms with Gasteiger partial charge < -0.3 is 10.3 Å². The molecule has 0 fully saturated rings. The van der Waals surface area contributed by atoms with Crippen molar-refractivity contribution in [2.24, 2.45) is 11.7 Å². The van der Waals surface area contributed by atoms with Gasteiger partial charge in [0.05, 0.1) is 11.1 Å². The first-order valence-electron chi connectivity index (χ1n) is 11.1. The normalized spacial score (nSPS) is 18.5. The number of aromatic nitrogens is 1. The zero-order valence-electron chi connectivity index (χ0n) is 17.6. The van der Waals surface area contributed by atoms with Crippen molar-refractivity contribution in [2.45, 2.75) is 19.4 Å². The van der Waals surface area contributed by atoms with E-state index in [-0.39, 0.29) is 11.8 Å². The van der Waals surface area contributed by atoms with Gasteiger partial charge in [-0.2, -0.15) is 0 Å². The predicted molar refractivity (Wildman–Crippen MR) is 127 cm³/mol. The highest BCUT2D eigenvalue weighted by molar-refractivity contribution is 6.51. The number of aryl methyl sites for hydroxylation is 1. The highest BCUT2D eigenvalue weighted by Crippen LogP contribution is 2.42. The van der Waals surface area contributed by atoms with Gasteiger partial charge in [-0.05, 0) is 47.7 Å². The molecule has 5 heteroatoms. The number of carbonyl (C=O) groups excluding carboxylic acids is 2. The number of imide groups is 1. The molecule has 2 aliphatic heterocycles. The van der Waals surface area contributed by atoms with Crippen molar-refractivity contribution in [3.8, 4) is 0 Å². The number of carbonyl (C=O) groups is 2. The van der Waals surface area contributed by atoms with Gasteiger partial charge in [0.1, 0.15) is 0 Å². The first-order chi connectivity index (χ1) is 15.7. The molecule has 0 aliphatic carbocycles. The third-order valence-electron chi connectivity index (χ3n) is 6.90. The standard InChI is InChI=1S/C27H23N3O2/c28-15-16-12-13-30-21-11-4-3-9-20(21)23(22(30)14-16)25-24(26(31)29-27(25)32)19-10-5-7-17-6-1-2-8-18(17)19/h1-11,16H,12-15,28H2,(H,29,31,32). The molecule has 1 atom stereocenters. The first kappa shape index (κ1) is 19.0. The molecule has 0 saturated carbocycles. The molecule has 4 aromatic rings. The lowest BCUT2D eigenvalue weighted by Gasteiger charge is -2.25. The number of nitrogens with two attached hydrogens (primary N) is 1. The van der Waals surface area contributed by atoms with E-state index in [1.54, 1.807) is 0 Å². The summed E-state index contributed by atoms with van der Waals surface area (Å²) >= 11 is 0. The maximum atomic E-state index is 13.3. The molecule has 2 amide bonds. The van der Waals surface area contributed by atoms with Crippen LogP contribution in [0, 0.1) is 5.92 Å². The lowest BCUT2D eigenvalue weighted by molar-refractivity contribution is -0.122. The molecule has 2 aliphatic rings. The van der Waals surface area contributed by atoms with Gasteiger partial charge in [-0.3, -0.25) is 14.9 Å². The van der Waals surface area contributed by atoms with E-state index in [4.69, 9.17) is 5.73 Å². The largest absolute Gasteiger partial charge is 0.344 e. The Morgan fingerprint density at radius 1 is 0.875 bits per heavy atom. The highest BCUT2D eigenvalue weighted by Gasteiger charge is 2.37. The van der Waals surface area contributed by atoms with Crippen LogP contribution < -0.4 is 11.1 Å². The van der Waals surface area contributed by atoms with Crippen LogP contribution in [-0.2, 0) is 22.6 Å². The summed E-state index contributed by atoms with van der Waals surface area (Å²) < 4.78 is 2.31.